The number of anilines is 3. The van der Waals surface area contributed by atoms with Crippen LogP contribution in [0.4, 0.5) is 17.6 Å². The van der Waals surface area contributed by atoms with Gasteiger partial charge in [-0.05, 0) is 40.3 Å². The molecule has 0 aliphatic heterocycles. The van der Waals surface area contributed by atoms with Gasteiger partial charge in [0.15, 0.2) is 0 Å². The first-order chi connectivity index (χ1) is 8.49. The first-order valence-corrected chi connectivity index (χ1v) is 6.33. The Morgan fingerprint density at radius 3 is 2.61 bits per heavy atom. The quantitative estimate of drug-likeness (QED) is 0.631. The second kappa shape index (κ2) is 7.00. The number of unbranched alkanes of at least 4 members (excludes halogenated alkanes) is 1. The lowest BCUT2D eigenvalue weighted by atomic mass is 10.2. The molecule has 0 aliphatic carbocycles. The van der Waals surface area contributed by atoms with Gasteiger partial charge in [-0.2, -0.15) is 9.97 Å². The monoisotopic (exact) mass is 252 g/mol. The molecule has 0 bridgehead atoms. The molecule has 6 nitrogen and oxygen atoms in total. The molecule has 1 rings (SSSR count). The Kier molecular flexibility index (Phi) is 5.64. The van der Waals surface area contributed by atoms with Crippen LogP contribution in [0.15, 0.2) is 6.07 Å². The fraction of sp³-hybridized carbons (Fsp3) is 0.667. The fourth-order valence-electron chi connectivity index (χ4n) is 1.54. The topological polar surface area (TPSA) is 93.1 Å². The van der Waals surface area contributed by atoms with Gasteiger partial charge in [0.25, 0.3) is 0 Å². The second-order valence-corrected chi connectivity index (χ2v) is 4.74. The molecule has 0 amide bonds. The first-order valence-electron chi connectivity index (χ1n) is 6.33. The summed E-state index contributed by atoms with van der Waals surface area (Å²) in [5.74, 6) is 1.29. The molecule has 18 heavy (non-hydrogen) atoms. The summed E-state index contributed by atoms with van der Waals surface area (Å²) in [7, 11) is 2.14. The lowest BCUT2D eigenvalue weighted by molar-refractivity contribution is 0.269. The molecule has 1 heterocycles. The van der Waals surface area contributed by atoms with Crippen molar-refractivity contribution in [1.29, 1.82) is 0 Å². The lowest BCUT2D eigenvalue weighted by Crippen LogP contribution is -2.27. The molecule has 5 N–H and O–H groups in total. The predicted molar refractivity (Wildman–Crippen MR) is 76.3 cm³/mol. The number of nitrogens with two attached hydrogens (primary N) is 2. The maximum atomic E-state index is 5.59. The molecule has 0 fully saturated rings. The van der Waals surface area contributed by atoms with Gasteiger partial charge in [-0.3, -0.25) is 0 Å². The van der Waals surface area contributed by atoms with Gasteiger partial charge in [0.05, 0.1) is 0 Å². The molecule has 6 heteroatoms. The van der Waals surface area contributed by atoms with Crippen LogP contribution in [-0.2, 0) is 0 Å². The minimum Gasteiger partial charge on any atom is -0.383 e. The highest BCUT2D eigenvalue weighted by Gasteiger charge is 2.02. The van der Waals surface area contributed by atoms with Crippen LogP contribution >= 0.6 is 0 Å². The molecule has 0 saturated carbocycles. The third-order valence-corrected chi connectivity index (χ3v) is 2.89. The van der Waals surface area contributed by atoms with Gasteiger partial charge in [-0.1, -0.05) is 0 Å². The zero-order valence-corrected chi connectivity index (χ0v) is 11.5. The van der Waals surface area contributed by atoms with Crippen molar-refractivity contribution in [2.24, 2.45) is 0 Å². The van der Waals surface area contributed by atoms with Crippen molar-refractivity contribution in [3.05, 3.63) is 6.07 Å². The number of hydrogen-bond donors (Lipinski definition) is 3. The number of hydrogen-bond acceptors (Lipinski definition) is 6. The van der Waals surface area contributed by atoms with Crippen LogP contribution in [0.1, 0.15) is 26.7 Å². The van der Waals surface area contributed by atoms with E-state index < -0.39 is 0 Å². The standard InChI is InChI=1S/C12H24N6/c1-9(2)18(3)7-5-4-6-15-11-8-10(13)16-12(14)17-11/h8-9H,4-7H2,1-3H3,(H5,13,14,15,16,17). The molecule has 0 aliphatic rings. The number of nitrogens with zero attached hydrogens (tertiary/aromatic N) is 3. The van der Waals surface area contributed by atoms with E-state index in [1.54, 1.807) is 6.07 Å². The van der Waals surface area contributed by atoms with E-state index in [4.69, 9.17) is 11.5 Å². The fourth-order valence-corrected chi connectivity index (χ4v) is 1.54. The maximum absolute atomic E-state index is 5.59. The summed E-state index contributed by atoms with van der Waals surface area (Å²) in [6.07, 6.45) is 2.23. The van der Waals surface area contributed by atoms with Gasteiger partial charge in [0.2, 0.25) is 5.95 Å². The highest BCUT2D eigenvalue weighted by Crippen LogP contribution is 2.09. The van der Waals surface area contributed by atoms with E-state index in [0.717, 1.165) is 25.9 Å². The third kappa shape index (κ3) is 5.18. The van der Waals surface area contributed by atoms with Crippen molar-refractivity contribution in [1.82, 2.24) is 14.9 Å². The lowest BCUT2D eigenvalue weighted by Gasteiger charge is -2.20. The van der Waals surface area contributed by atoms with Crippen LogP contribution in [0.2, 0.25) is 0 Å². The molecule has 1 aromatic rings. The van der Waals surface area contributed by atoms with Crippen LogP contribution in [0, 0.1) is 0 Å². The average Bonchev–Trinajstić information content (AvgIpc) is 2.26. The minimum absolute atomic E-state index is 0.206. The van der Waals surface area contributed by atoms with E-state index in [-0.39, 0.29) is 5.95 Å². The van der Waals surface area contributed by atoms with Crippen molar-refractivity contribution in [2.75, 3.05) is 36.9 Å². The summed E-state index contributed by atoms with van der Waals surface area (Å²) in [4.78, 5) is 10.2. The van der Waals surface area contributed by atoms with E-state index in [2.05, 4.69) is 41.1 Å². The Hall–Kier alpha value is -1.56. The first kappa shape index (κ1) is 14.5. The zero-order valence-electron chi connectivity index (χ0n) is 11.5. The maximum Gasteiger partial charge on any atom is 0.223 e. The van der Waals surface area contributed by atoms with E-state index >= 15 is 0 Å². The molecule has 0 atom stereocenters. The van der Waals surface area contributed by atoms with Crippen LogP contribution in [-0.4, -0.2) is 41.0 Å². The van der Waals surface area contributed by atoms with Crippen LogP contribution in [0.5, 0.6) is 0 Å². The molecular formula is C12H24N6. The van der Waals surface area contributed by atoms with Crippen molar-refractivity contribution >= 4 is 17.6 Å². The van der Waals surface area contributed by atoms with Gasteiger partial charge < -0.3 is 21.7 Å². The zero-order chi connectivity index (χ0) is 13.5. The Balaban J connectivity index is 2.22. The number of nitrogen functional groups attached to an aromatic ring is 2. The van der Waals surface area contributed by atoms with E-state index in [9.17, 15) is 0 Å². The Morgan fingerprint density at radius 2 is 2.00 bits per heavy atom. The summed E-state index contributed by atoms with van der Waals surface area (Å²) in [6, 6.07) is 2.29. The van der Waals surface area contributed by atoms with Gasteiger partial charge in [-0.25, -0.2) is 0 Å². The molecule has 1 aromatic heterocycles. The largest absolute Gasteiger partial charge is 0.383 e. The van der Waals surface area contributed by atoms with Gasteiger partial charge in [0, 0.05) is 18.7 Å². The number of aromatic nitrogens is 2. The summed E-state index contributed by atoms with van der Waals surface area (Å²) in [5.41, 5.74) is 11.1. The third-order valence-electron chi connectivity index (χ3n) is 2.89. The second-order valence-electron chi connectivity index (χ2n) is 4.74. The molecular weight excluding hydrogens is 228 g/mol. The summed E-state index contributed by atoms with van der Waals surface area (Å²) in [5, 5.41) is 3.20. The van der Waals surface area contributed by atoms with Crippen LogP contribution in [0.3, 0.4) is 0 Å². The van der Waals surface area contributed by atoms with Crippen molar-refractivity contribution < 1.29 is 0 Å². The Bertz CT molecular complexity index is 345. The minimum atomic E-state index is 0.206. The highest BCUT2D eigenvalue weighted by molar-refractivity contribution is 5.48. The van der Waals surface area contributed by atoms with Crippen molar-refractivity contribution in [3.63, 3.8) is 0 Å². The predicted octanol–water partition coefficient (Wildman–Crippen LogP) is 1.17. The summed E-state index contributed by atoms with van der Waals surface area (Å²) >= 11 is 0. The molecule has 0 spiro atoms. The van der Waals surface area contributed by atoms with E-state index in [0.29, 0.717) is 17.7 Å². The van der Waals surface area contributed by atoms with Gasteiger partial charge in [0.1, 0.15) is 11.6 Å². The average molecular weight is 252 g/mol. The van der Waals surface area contributed by atoms with E-state index in [1.807, 2.05) is 0 Å². The van der Waals surface area contributed by atoms with Crippen LogP contribution < -0.4 is 16.8 Å². The van der Waals surface area contributed by atoms with E-state index in [1.165, 1.54) is 0 Å². The molecule has 0 radical (unpaired) electrons. The summed E-state index contributed by atoms with van der Waals surface area (Å²) < 4.78 is 0. The SMILES string of the molecule is CC(C)N(C)CCCCNc1cc(N)nc(N)n1. The van der Waals surface area contributed by atoms with Crippen molar-refractivity contribution in [3.8, 4) is 0 Å². The Morgan fingerprint density at radius 1 is 1.28 bits per heavy atom. The number of rotatable bonds is 7. The molecule has 0 aromatic carbocycles. The highest BCUT2D eigenvalue weighted by atomic mass is 15.1. The van der Waals surface area contributed by atoms with Crippen molar-refractivity contribution in [2.45, 2.75) is 32.7 Å². The van der Waals surface area contributed by atoms with Gasteiger partial charge in [-0.15, -0.1) is 0 Å². The normalized spacial score (nSPS) is 11.2. The molecule has 0 saturated heterocycles. The van der Waals surface area contributed by atoms with Gasteiger partial charge >= 0.3 is 0 Å². The number of nitrogens with one attached hydrogen (secondary N) is 1. The molecule has 102 valence electrons. The summed E-state index contributed by atoms with van der Waals surface area (Å²) in [6.45, 7) is 6.37. The molecule has 0 unspecified atom stereocenters. The smallest absolute Gasteiger partial charge is 0.223 e. The van der Waals surface area contributed by atoms with Crippen LogP contribution in [0.25, 0.3) is 0 Å². The Labute approximate surface area is 109 Å².